The molecule has 4 nitrogen and oxygen atoms in total. The number of pyridine rings is 1. The van der Waals surface area contributed by atoms with Crippen molar-refractivity contribution in [3.63, 3.8) is 0 Å². The minimum absolute atomic E-state index is 0.722. The number of fused-ring (bicyclic) bond motifs is 5. The first-order valence-corrected chi connectivity index (χ1v) is 6.53. The van der Waals surface area contributed by atoms with E-state index in [1.54, 1.807) is 6.20 Å². The summed E-state index contributed by atoms with van der Waals surface area (Å²) in [5.41, 5.74) is 4.21. The lowest BCUT2D eigenvalue weighted by Gasteiger charge is -2.07. The molecule has 0 aliphatic carbocycles. The molecule has 0 saturated carbocycles. The summed E-state index contributed by atoms with van der Waals surface area (Å²) in [4.78, 5) is 4.41. The second-order valence-electron chi connectivity index (χ2n) is 5.01. The van der Waals surface area contributed by atoms with Gasteiger partial charge in [-0.05, 0) is 44.2 Å². The fourth-order valence-electron chi connectivity index (χ4n) is 2.53. The van der Waals surface area contributed by atoms with Gasteiger partial charge in [0.25, 0.3) is 0 Å². The molecular formula is C16H13N3O. The molecule has 2 aromatic heterocycles. The van der Waals surface area contributed by atoms with E-state index in [4.69, 9.17) is 4.74 Å². The monoisotopic (exact) mass is 263 g/mol. The Morgan fingerprint density at radius 2 is 1.95 bits per heavy atom. The Hall–Kier alpha value is -2.62. The molecule has 0 bridgehead atoms. The molecule has 4 heteroatoms. The highest BCUT2D eigenvalue weighted by molar-refractivity contribution is 5.73. The van der Waals surface area contributed by atoms with Gasteiger partial charge in [-0.2, -0.15) is 5.10 Å². The SMILES string of the molecule is Cc1ccc2c(c1)-c1cc(C)nn1-c1ncccc1O2. The summed E-state index contributed by atoms with van der Waals surface area (Å²) in [7, 11) is 0. The molecule has 3 heterocycles. The van der Waals surface area contributed by atoms with Crippen LogP contribution in [0.25, 0.3) is 17.1 Å². The standard InChI is InChI=1S/C16H13N3O/c1-10-5-6-14-12(8-10)13-9-11(2)18-19(13)16-15(20-14)4-3-7-17-16/h3-9H,1-2H3. The normalized spacial score (nSPS) is 11.9. The van der Waals surface area contributed by atoms with E-state index in [2.05, 4.69) is 29.1 Å². The molecule has 0 atom stereocenters. The fraction of sp³-hybridized carbons (Fsp3) is 0.125. The van der Waals surface area contributed by atoms with Gasteiger partial charge in [0.2, 0.25) is 0 Å². The zero-order valence-electron chi connectivity index (χ0n) is 11.3. The summed E-state index contributed by atoms with van der Waals surface area (Å²) in [5.74, 6) is 2.28. The number of benzene rings is 1. The van der Waals surface area contributed by atoms with E-state index < -0.39 is 0 Å². The van der Waals surface area contributed by atoms with Crippen molar-refractivity contribution >= 4 is 0 Å². The van der Waals surface area contributed by atoms with Crippen molar-refractivity contribution in [1.29, 1.82) is 0 Å². The molecule has 4 rings (SSSR count). The van der Waals surface area contributed by atoms with Crippen LogP contribution < -0.4 is 4.74 Å². The second kappa shape index (κ2) is 3.93. The van der Waals surface area contributed by atoms with Crippen molar-refractivity contribution in [1.82, 2.24) is 14.8 Å². The average Bonchev–Trinajstić information content (AvgIpc) is 2.78. The minimum Gasteiger partial charge on any atom is -0.453 e. The van der Waals surface area contributed by atoms with Gasteiger partial charge in [0.15, 0.2) is 11.6 Å². The van der Waals surface area contributed by atoms with E-state index in [9.17, 15) is 0 Å². The quantitative estimate of drug-likeness (QED) is 0.486. The summed E-state index contributed by atoms with van der Waals surface area (Å²) >= 11 is 0. The van der Waals surface area contributed by atoms with Crippen molar-refractivity contribution in [2.75, 3.05) is 0 Å². The highest BCUT2D eigenvalue weighted by Gasteiger charge is 2.22. The van der Waals surface area contributed by atoms with Crippen LogP contribution in [-0.4, -0.2) is 14.8 Å². The molecule has 1 aliphatic heterocycles. The van der Waals surface area contributed by atoms with Gasteiger partial charge in [-0.1, -0.05) is 11.6 Å². The largest absolute Gasteiger partial charge is 0.453 e. The molecule has 0 spiro atoms. The van der Waals surface area contributed by atoms with E-state index in [0.717, 1.165) is 34.3 Å². The van der Waals surface area contributed by atoms with Crippen LogP contribution in [0, 0.1) is 13.8 Å². The average molecular weight is 263 g/mol. The molecule has 98 valence electrons. The maximum Gasteiger partial charge on any atom is 0.197 e. The molecule has 0 saturated heterocycles. The van der Waals surface area contributed by atoms with Crippen LogP contribution in [0.3, 0.4) is 0 Å². The van der Waals surface area contributed by atoms with Gasteiger partial charge in [-0.15, -0.1) is 0 Å². The number of nitrogens with zero attached hydrogens (tertiary/aromatic N) is 3. The van der Waals surface area contributed by atoms with Crippen molar-refractivity contribution < 1.29 is 4.74 Å². The fourth-order valence-corrected chi connectivity index (χ4v) is 2.53. The van der Waals surface area contributed by atoms with E-state index in [1.807, 2.05) is 35.9 Å². The van der Waals surface area contributed by atoms with Crippen LogP contribution in [0.4, 0.5) is 0 Å². The number of aryl methyl sites for hydroxylation is 2. The molecule has 20 heavy (non-hydrogen) atoms. The molecular weight excluding hydrogens is 250 g/mol. The maximum absolute atomic E-state index is 6.01. The van der Waals surface area contributed by atoms with Crippen LogP contribution >= 0.6 is 0 Å². The lowest BCUT2D eigenvalue weighted by atomic mass is 10.1. The summed E-state index contributed by atoms with van der Waals surface area (Å²) in [6.07, 6.45) is 1.75. The van der Waals surface area contributed by atoms with Crippen LogP contribution in [0.15, 0.2) is 42.6 Å². The summed E-state index contributed by atoms with van der Waals surface area (Å²) in [6, 6.07) is 12.0. The van der Waals surface area contributed by atoms with Gasteiger partial charge < -0.3 is 4.74 Å². The van der Waals surface area contributed by atoms with Gasteiger partial charge >= 0.3 is 0 Å². The Morgan fingerprint density at radius 3 is 2.85 bits per heavy atom. The minimum atomic E-state index is 0.722. The van der Waals surface area contributed by atoms with Crippen molar-refractivity contribution in [2.24, 2.45) is 0 Å². The van der Waals surface area contributed by atoms with Gasteiger partial charge in [-0.3, -0.25) is 0 Å². The Morgan fingerprint density at radius 1 is 1.05 bits per heavy atom. The van der Waals surface area contributed by atoms with Gasteiger partial charge in [0, 0.05) is 11.8 Å². The third-order valence-corrected chi connectivity index (χ3v) is 3.41. The molecule has 1 aromatic carbocycles. The zero-order chi connectivity index (χ0) is 13.7. The molecule has 0 unspecified atom stereocenters. The Labute approximate surface area is 116 Å². The third kappa shape index (κ3) is 1.54. The van der Waals surface area contributed by atoms with E-state index in [-0.39, 0.29) is 0 Å². The molecule has 0 fully saturated rings. The highest BCUT2D eigenvalue weighted by atomic mass is 16.5. The van der Waals surface area contributed by atoms with E-state index in [1.165, 1.54) is 5.56 Å². The highest BCUT2D eigenvalue weighted by Crippen LogP contribution is 2.40. The molecule has 0 radical (unpaired) electrons. The van der Waals surface area contributed by atoms with Crippen LogP contribution in [0.2, 0.25) is 0 Å². The number of hydrogen-bond donors (Lipinski definition) is 0. The van der Waals surface area contributed by atoms with Gasteiger partial charge in [0.05, 0.1) is 11.4 Å². The number of rotatable bonds is 0. The van der Waals surface area contributed by atoms with E-state index >= 15 is 0 Å². The van der Waals surface area contributed by atoms with Crippen LogP contribution in [-0.2, 0) is 0 Å². The topological polar surface area (TPSA) is 39.9 Å². The first-order valence-electron chi connectivity index (χ1n) is 6.53. The summed E-state index contributed by atoms with van der Waals surface area (Å²) in [5, 5.41) is 4.56. The summed E-state index contributed by atoms with van der Waals surface area (Å²) in [6.45, 7) is 4.06. The van der Waals surface area contributed by atoms with Crippen molar-refractivity contribution in [2.45, 2.75) is 13.8 Å². The second-order valence-corrected chi connectivity index (χ2v) is 5.01. The smallest absolute Gasteiger partial charge is 0.197 e. The molecule has 1 aliphatic rings. The van der Waals surface area contributed by atoms with Gasteiger partial charge in [0.1, 0.15) is 5.75 Å². The Bertz CT molecular complexity index is 820. The maximum atomic E-state index is 6.01. The Kier molecular flexibility index (Phi) is 2.21. The molecule has 3 aromatic rings. The Balaban J connectivity index is 2.11. The lowest BCUT2D eigenvalue weighted by Crippen LogP contribution is -2.01. The van der Waals surface area contributed by atoms with Crippen molar-refractivity contribution in [3.05, 3.63) is 53.9 Å². The predicted octanol–water partition coefficient (Wildman–Crippen LogP) is 3.66. The van der Waals surface area contributed by atoms with Crippen LogP contribution in [0.5, 0.6) is 11.5 Å². The van der Waals surface area contributed by atoms with Crippen LogP contribution in [0.1, 0.15) is 11.3 Å². The predicted molar refractivity (Wildman–Crippen MR) is 76.3 cm³/mol. The third-order valence-electron chi connectivity index (χ3n) is 3.41. The molecule has 0 N–H and O–H groups in total. The van der Waals surface area contributed by atoms with Gasteiger partial charge in [-0.25, -0.2) is 9.67 Å². The first-order chi connectivity index (χ1) is 9.72. The summed E-state index contributed by atoms with van der Waals surface area (Å²) < 4.78 is 7.87. The number of ether oxygens (including phenoxy) is 1. The zero-order valence-corrected chi connectivity index (χ0v) is 11.3. The number of aromatic nitrogens is 3. The lowest BCUT2D eigenvalue weighted by molar-refractivity contribution is 0.481. The van der Waals surface area contributed by atoms with E-state index in [0.29, 0.717) is 0 Å². The van der Waals surface area contributed by atoms with Crippen molar-refractivity contribution in [3.8, 4) is 28.6 Å². The molecule has 0 amide bonds. The number of hydrogen-bond acceptors (Lipinski definition) is 3. The first kappa shape index (κ1) is 11.2.